The lowest BCUT2D eigenvalue weighted by Crippen LogP contribution is -2.19. The summed E-state index contributed by atoms with van der Waals surface area (Å²) < 4.78 is 0. The van der Waals surface area contributed by atoms with E-state index in [0.29, 0.717) is 28.5 Å². The van der Waals surface area contributed by atoms with Crippen LogP contribution in [0, 0.1) is 0 Å². The van der Waals surface area contributed by atoms with Crippen LogP contribution in [0.25, 0.3) is 0 Å². The number of hydrogen-bond acceptors (Lipinski definition) is 4. The molecule has 6 heteroatoms. The number of benzene rings is 2. The van der Waals surface area contributed by atoms with Gasteiger partial charge >= 0.3 is 0 Å². The predicted octanol–water partition coefficient (Wildman–Crippen LogP) is 3.87. The smallest absolute Gasteiger partial charge is 0.258 e. The van der Waals surface area contributed by atoms with Crippen LogP contribution in [-0.4, -0.2) is 31.1 Å². The van der Waals surface area contributed by atoms with E-state index in [4.69, 9.17) is 0 Å². The number of aryl methyl sites for hydroxylation is 2. The normalized spacial score (nSPS) is 12.4. The number of imide groups is 1. The van der Waals surface area contributed by atoms with Crippen LogP contribution in [0.2, 0.25) is 0 Å². The van der Waals surface area contributed by atoms with Gasteiger partial charge in [0.2, 0.25) is 0 Å². The monoisotopic (exact) mass is 420 g/mol. The van der Waals surface area contributed by atoms with E-state index in [-0.39, 0.29) is 17.7 Å². The third-order valence-electron chi connectivity index (χ3n) is 5.70. The highest BCUT2D eigenvalue weighted by Gasteiger charge is 2.26. The number of unbranched alkanes of at least 4 members (excludes halogenated alkanes) is 5. The molecule has 1 aliphatic rings. The SMILES string of the molecule is CNC(=O)c1cc(CCCCCCCCc2ccc3c(c2)C(=O)NC3=O)ccc1C=O. The van der Waals surface area contributed by atoms with Crippen LogP contribution >= 0.6 is 0 Å². The average molecular weight is 421 g/mol. The van der Waals surface area contributed by atoms with Crippen molar-refractivity contribution in [3.63, 3.8) is 0 Å². The van der Waals surface area contributed by atoms with E-state index < -0.39 is 0 Å². The summed E-state index contributed by atoms with van der Waals surface area (Å²) in [4.78, 5) is 46.3. The van der Waals surface area contributed by atoms with Gasteiger partial charge in [-0.2, -0.15) is 0 Å². The fraction of sp³-hybridized carbons (Fsp3) is 0.360. The number of carbonyl (C=O) groups is 4. The Morgan fingerprint density at radius 1 is 0.839 bits per heavy atom. The fourth-order valence-corrected chi connectivity index (χ4v) is 3.93. The minimum absolute atomic E-state index is 0.237. The van der Waals surface area contributed by atoms with Gasteiger partial charge in [-0.25, -0.2) is 0 Å². The third kappa shape index (κ3) is 5.66. The molecule has 0 bridgehead atoms. The van der Waals surface area contributed by atoms with Gasteiger partial charge in [-0.15, -0.1) is 0 Å². The zero-order chi connectivity index (χ0) is 22.2. The molecule has 2 N–H and O–H groups in total. The van der Waals surface area contributed by atoms with Crippen LogP contribution < -0.4 is 10.6 Å². The van der Waals surface area contributed by atoms with E-state index >= 15 is 0 Å². The van der Waals surface area contributed by atoms with E-state index in [1.807, 2.05) is 24.3 Å². The van der Waals surface area contributed by atoms with Crippen molar-refractivity contribution in [3.8, 4) is 0 Å². The molecule has 3 rings (SSSR count). The first-order valence-corrected chi connectivity index (χ1v) is 10.8. The molecular formula is C25H28N2O4. The third-order valence-corrected chi connectivity index (χ3v) is 5.70. The molecule has 0 atom stereocenters. The minimum Gasteiger partial charge on any atom is -0.355 e. The summed E-state index contributed by atoms with van der Waals surface area (Å²) in [6.45, 7) is 0. The molecule has 0 fully saturated rings. The Bertz CT molecular complexity index is 997. The first-order valence-electron chi connectivity index (χ1n) is 10.8. The maximum Gasteiger partial charge on any atom is 0.258 e. The summed E-state index contributed by atoms with van der Waals surface area (Å²) in [6.07, 6.45) is 9.14. The second kappa shape index (κ2) is 10.7. The summed E-state index contributed by atoms with van der Waals surface area (Å²) in [5.74, 6) is -0.847. The van der Waals surface area contributed by atoms with E-state index in [1.165, 1.54) is 0 Å². The second-order valence-electron chi connectivity index (χ2n) is 7.90. The topological polar surface area (TPSA) is 92.3 Å². The summed E-state index contributed by atoms with van der Waals surface area (Å²) in [5, 5.41) is 4.90. The van der Waals surface area contributed by atoms with Gasteiger partial charge in [-0.3, -0.25) is 24.5 Å². The number of hydrogen-bond donors (Lipinski definition) is 2. The number of amides is 3. The van der Waals surface area contributed by atoms with Crippen molar-refractivity contribution in [1.82, 2.24) is 10.6 Å². The van der Waals surface area contributed by atoms with E-state index in [1.54, 1.807) is 19.2 Å². The van der Waals surface area contributed by atoms with Crippen molar-refractivity contribution in [3.05, 3.63) is 69.8 Å². The molecule has 0 spiro atoms. The Kier molecular flexibility index (Phi) is 7.70. The molecule has 0 aromatic heterocycles. The van der Waals surface area contributed by atoms with Crippen LogP contribution in [0.4, 0.5) is 0 Å². The Labute approximate surface area is 182 Å². The lowest BCUT2D eigenvalue weighted by atomic mass is 9.99. The molecule has 2 aromatic rings. The first kappa shape index (κ1) is 22.4. The van der Waals surface area contributed by atoms with Crippen LogP contribution in [0.5, 0.6) is 0 Å². The Balaban J connectivity index is 1.34. The van der Waals surface area contributed by atoms with Crippen molar-refractivity contribution in [2.24, 2.45) is 0 Å². The van der Waals surface area contributed by atoms with E-state index in [0.717, 1.165) is 62.5 Å². The van der Waals surface area contributed by atoms with Crippen molar-refractivity contribution in [2.45, 2.75) is 51.4 Å². The molecule has 3 amide bonds. The van der Waals surface area contributed by atoms with Gasteiger partial charge in [0, 0.05) is 12.6 Å². The van der Waals surface area contributed by atoms with Gasteiger partial charge in [-0.1, -0.05) is 43.9 Å². The molecule has 2 aromatic carbocycles. The predicted molar refractivity (Wildman–Crippen MR) is 119 cm³/mol. The van der Waals surface area contributed by atoms with Gasteiger partial charge in [-0.05, 0) is 55.0 Å². The fourth-order valence-electron chi connectivity index (χ4n) is 3.93. The molecule has 0 aliphatic carbocycles. The van der Waals surface area contributed by atoms with Crippen molar-refractivity contribution >= 4 is 24.0 Å². The number of aldehydes is 1. The van der Waals surface area contributed by atoms with Gasteiger partial charge < -0.3 is 5.32 Å². The average Bonchev–Trinajstić information content (AvgIpc) is 3.07. The quantitative estimate of drug-likeness (QED) is 0.328. The van der Waals surface area contributed by atoms with Crippen LogP contribution in [0.1, 0.15) is 91.1 Å². The molecule has 1 aliphatic heterocycles. The zero-order valence-electron chi connectivity index (χ0n) is 17.8. The Morgan fingerprint density at radius 2 is 1.42 bits per heavy atom. The molecule has 0 saturated heterocycles. The van der Waals surface area contributed by atoms with Crippen LogP contribution in [-0.2, 0) is 12.8 Å². The largest absolute Gasteiger partial charge is 0.355 e. The van der Waals surface area contributed by atoms with E-state index in [2.05, 4.69) is 10.6 Å². The van der Waals surface area contributed by atoms with Gasteiger partial charge in [0.1, 0.15) is 0 Å². The maximum atomic E-state index is 11.9. The van der Waals surface area contributed by atoms with Crippen molar-refractivity contribution in [1.29, 1.82) is 0 Å². The molecule has 6 nitrogen and oxygen atoms in total. The number of carbonyl (C=O) groups excluding carboxylic acids is 4. The summed E-state index contributed by atoms with van der Waals surface area (Å²) in [5.41, 5.74) is 3.97. The first-order chi connectivity index (χ1) is 15.0. The number of rotatable bonds is 11. The highest BCUT2D eigenvalue weighted by atomic mass is 16.2. The molecule has 0 radical (unpaired) electrons. The molecule has 162 valence electrons. The number of nitrogens with one attached hydrogen (secondary N) is 2. The molecule has 0 unspecified atom stereocenters. The molecule has 0 saturated carbocycles. The van der Waals surface area contributed by atoms with Crippen LogP contribution in [0.15, 0.2) is 36.4 Å². The minimum atomic E-state index is -0.309. The van der Waals surface area contributed by atoms with Gasteiger partial charge in [0.05, 0.1) is 16.7 Å². The lowest BCUT2D eigenvalue weighted by Gasteiger charge is -2.07. The highest BCUT2D eigenvalue weighted by molar-refractivity contribution is 6.21. The zero-order valence-corrected chi connectivity index (χ0v) is 17.8. The van der Waals surface area contributed by atoms with Crippen molar-refractivity contribution < 1.29 is 19.2 Å². The second-order valence-corrected chi connectivity index (χ2v) is 7.90. The lowest BCUT2D eigenvalue weighted by molar-refractivity contribution is 0.0878. The van der Waals surface area contributed by atoms with Gasteiger partial charge in [0.15, 0.2) is 6.29 Å². The Morgan fingerprint density at radius 3 is 2.06 bits per heavy atom. The maximum absolute atomic E-state index is 11.9. The molecular weight excluding hydrogens is 392 g/mol. The summed E-state index contributed by atoms with van der Waals surface area (Å²) in [6, 6.07) is 10.9. The van der Waals surface area contributed by atoms with Gasteiger partial charge in [0.25, 0.3) is 17.7 Å². The van der Waals surface area contributed by atoms with Crippen LogP contribution in [0.3, 0.4) is 0 Å². The molecule has 31 heavy (non-hydrogen) atoms. The van der Waals surface area contributed by atoms with E-state index in [9.17, 15) is 19.2 Å². The molecule has 1 heterocycles. The number of fused-ring (bicyclic) bond motifs is 1. The summed E-state index contributed by atoms with van der Waals surface area (Å²) >= 11 is 0. The standard InChI is InChI=1S/C25H28N2O4/c1-26-23(29)21-14-17(10-12-19(21)16-28)8-6-4-2-3-5-7-9-18-11-13-20-22(15-18)25(31)27-24(20)30/h10-16H,2-9H2,1H3,(H,26,29)(H,27,30,31). The van der Waals surface area contributed by atoms with Crippen molar-refractivity contribution in [2.75, 3.05) is 7.05 Å². The highest BCUT2D eigenvalue weighted by Crippen LogP contribution is 2.19. The Hall–Kier alpha value is -3.28. The summed E-state index contributed by atoms with van der Waals surface area (Å²) in [7, 11) is 1.56.